The van der Waals surface area contributed by atoms with Crippen LogP contribution in [0.1, 0.15) is 19.8 Å². The number of nitrogens with one attached hydrogen (secondary N) is 2. The number of rotatable bonds is 6. The van der Waals surface area contributed by atoms with Crippen molar-refractivity contribution >= 4 is 15.7 Å². The second-order valence-electron chi connectivity index (χ2n) is 4.96. The van der Waals surface area contributed by atoms with Gasteiger partial charge in [0.1, 0.15) is 4.90 Å². The van der Waals surface area contributed by atoms with Gasteiger partial charge in [-0.15, -0.1) is 0 Å². The Morgan fingerprint density at radius 3 is 2.85 bits per heavy atom. The lowest BCUT2D eigenvalue weighted by Crippen LogP contribution is -2.27. The first kappa shape index (κ1) is 15.3. The predicted octanol–water partition coefficient (Wildman–Crippen LogP) is 1.82. The zero-order valence-electron chi connectivity index (χ0n) is 11.8. The lowest BCUT2D eigenvalue weighted by atomic mass is 10.0. The topological polar surface area (TPSA) is 67.4 Å². The standard InChI is InChI=1S/C14H22N2O3S/c1-2-16-20(17,18)14-8-4-3-7-13(14)15-10-12-6-5-9-19-11-12/h3-4,7-8,12,15-16H,2,5-6,9-11H2,1H3. The Balaban J connectivity index is 2.07. The van der Waals surface area contributed by atoms with Crippen LogP contribution in [0.15, 0.2) is 29.2 Å². The number of sulfonamides is 1. The molecule has 0 aliphatic carbocycles. The molecule has 1 aliphatic rings. The Bertz CT molecular complexity index is 525. The summed E-state index contributed by atoms with van der Waals surface area (Å²) in [5.74, 6) is 0.443. The van der Waals surface area contributed by atoms with Gasteiger partial charge in [0.2, 0.25) is 10.0 Å². The van der Waals surface area contributed by atoms with Crippen molar-refractivity contribution in [2.45, 2.75) is 24.7 Å². The molecule has 0 spiro atoms. The summed E-state index contributed by atoms with van der Waals surface area (Å²) in [6, 6.07) is 7.00. The van der Waals surface area contributed by atoms with Crippen LogP contribution in [0.5, 0.6) is 0 Å². The van der Waals surface area contributed by atoms with Gasteiger partial charge in [-0.05, 0) is 30.9 Å². The van der Waals surface area contributed by atoms with Crippen LogP contribution < -0.4 is 10.0 Å². The van der Waals surface area contributed by atoms with E-state index in [0.29, 0.717) is 23.0 Å². The van der Waals surface area contributed by atoms with E-state index >= 15 is 0 Å². The third-order valence-electron chi connectivity index (χ3n) is 3.35. The molecule has 6 heteroatoms. The van der Waals surface area contributed by atoms with Crippen molar-refractivity contribution < 1.29 is 13.2 Å². The van der Waals surface area contributed by atoms with Gasteiger partial charge >= 0.3 is 0 Å². The summed E-state index contributed by atoms with van der Waals surface area (Å²) in [4.78, 5) is 0.304. The molecular formula is C14H22N2O3S. The largest absolute Gasteiger partial charge is 0.384 e. The molecule has 5 nitrogen and oxygen atoms in total. The van der Waals surface area contributed by atoms with E-state index < -0.39 is 10.0 Å². The fourth-order valence-electron chi connectivity index (χ4n) is 2.34. The number of hydrogen-bond donors (Lipinski definition) is 2. The molecule has 2 N–H and O–H groups in total. The van der Waals surface area contributed by atoms with Crippen LogP contribution in [0.3, 0.4) is 0 Å². The highest BCUT2D eigenvalue weighted by Crippen LogP contribution is 2.22. The monoisotopic (exact) mass is 298 g/mol. The molecule has 112 valence electrons. The average Bonchev–Trinajstić information content (AvgIpc) is 2.46. The molecule has 1 unspecified atom stereocenters. The first-order valence-corrected chi connectivity index (χ1v) is 8.52. The second-order valence-corrected chi connectivity index (χ2v) is 6.70. The van der Waals surface area contributed by atoms with Gasteiger partial charge in [0.05, 0.1) is 12.3 Å². The van der Waals surface area contributed by atoms with Gasteiger partial charge < -0.3 is 10.1 Å². The summed E-state index contributed by atoms with van der Waals surface area (Å²) in [7, 11) is -3.44. The molecule has 0 saturated carbocycles. The molecule has 1 heterocycles. The minimum Gasteiger partial charge on any atom is -0.384 e. The van der Waals surface area contributed by atoms with E-state index in [-0.39, 0.29) is 0 Å². The first-order valence-electron chi connectivity index (χ1n) is 7.04. The lowest BCUT2D eigenvalue weighted by Gasteiger charge is -2.23. The molecule has 0 radical (unpaired) electrons. The number of para-hydroxylation sites is 1. The number of anilines is 1. The van der Waals surface area contributed by atoms with Crippen LogP contribution in [-0.2, 0) is 14.8 Å². The van der Waals surface area contributed by atoms with Crippen LogP contribution in [0.4, 0.5) is 5.69 Å². The van der Waals surface area contributed by atoms with Crippen LogP contribution in [-0.4, -0.2) is 34.7 Å². The van der Waals surface area contributed by atoms with Gasteiger partial charge in [-0.3, -0.25) is 0 Å². The minimum absolute atomic E-state index is 0.304. The summed E-state index contributed by atoms with van der Waals surface area (Å²) in [5, 5.41) is 3.25. The molecule has 1 aliphatic heterocycles. The van der Waals surface area contributed by atoms with E-state index in [2.05, 4.69) is 10.0 Å². The molecule has 0 aromatic heterocycles. The van der Waals surface area contributed by atoms with Gasteiger partial charge in [0.25, 0.3) is 0 Å². The third kappa shape index (κ3) is 3.94. The Morgan fingerprint density at radius 2 is 2.15 bits per heavy atom. The molecule has 1 atom stereocenters. The molecule has 0 bridgehead atoms. The second kappa shape index (κ2) is 7.06. The van der Waals surface area contributed by atoms with E-state index in [1.807, 2.05) is 6.07 Å². The first-order chi connectivity index (χ1) is 9.63. The van der Waals surface area contributed by atoms with Crippen molar-refractivity contribution in [3.05, 3.63) is 24.3 Å². The van der Waals surface area contributed by atoms with E-state index in [4.69, 9.17) is 4.74 Å². The zero-order chi connectivity index (χ0) is 14.4. The number of ether oxygens (including phenoxy) is 1. The summed E-state index contributed by atoms with van der Waals surface area (Å²) < 4.78 is 32.2. The van der Waals surface area contributed by atoms with Crippen LogP contribution in [0, 0.1) is 5.92 Å². The highest BCUT2D eigenvalue weighted by molar-refractivity contribution is 7.89. The highest BCUT2D eigenvalue weighted by atomic mass is 32.2. The highest BCUT2D eigenvalue weighted by Gasteiger charge is 2.18. The van der Waals surface area contributed by atoms with Crippen LogP contribution in [0.25, 0.3) is 0 Å². The number of hydrogen-bond acceptors (Lipinski definition) is 4. The molecular weight excluding hydrogens is 276 g/mol. The molecule has 1 fully saturated rings. The third-order valence-corrected chi connectivity index (χ3v) is 4.95. The van der Waals surface area contributed by atoms with E-state index in [0.717, 1.165) is 32.6 Å². The molecule has 1 aromatic carbocycles. The van der Waals surface area contributed by atoms with Gasteiger partial charge in [0.15, 0.2) is 0 Å². The van der Waals surface area contributed by atoms with Gasteiger partial charge in [-0.2, -0.15) is 0 Å². The van der Waals surface area contributed by atoms with Crippen LogP contribution >= 0.6 is 0 Å². The lowest BCUT2D eigenvalue weighted by molar-refractivity contribution is 0.0595. The predicted molar refractivity (Wildman–Crippen MR) is 79.3 cm³/mol. The van der Waals surface area contributed by atoms with E-state index in [1.54, 1.807) is 25.1 Å². The Morgan fingerprint density at radius 1 is 1.35 bits per heavy atom. The van der Waals surface area contributed by atoms with Crippen molar-refractivity contribution in [1.29, 1.82) is 0 Å². The van der Waals surface area contributed by atoms with E-state index in [9.17, 15) is 8.42 Å². The maximum absolute atomic E-state index is 12.1. The quantitative estimate of drug-likeness (QED) is 0.841. The summed E-state index contributed by atoms with van der Waals surface area (Å²) >= 11 is 0. The Labute approximate surface area is 120 Å². The number of benzene rings is 1. The summed E-state index contributed by atoms with van der Waals surface area (Å²) in [5.41, 5.74) is 0.652. The van der Waals surface area contributed by atoms with Gasteiger partial charge in [-0.1, -0.05) is 19.1 Å². The molecule has 1 saturated heterocycles. The van der Waals surface area contributed by atoms with Gasteiger partial charge in [0, 0.05) is 19.7 Å². The molecule has 20 heavy (non-hydrogen) atoms. The average molecular weight is 298 g/mol. The van der Waals surface area contributed by atoms with Crippen molar-refractivity contribution in [3.8, 4) is 0 Å². The van der Waals surface area contributed by atoms with Crippen molar-refractivity contribution in [2.75, 3.05) is 31.6 Å². The maximum Gasteiger partial charge on any atom is 0.242 e. The van der Waals surface area contributed by atoms with E-state index in [1.165, 1.54) is 0 Å². The SMILES string of the molecule is CCNS(=O)(=O)c1ccccc1NCC1CCCOC1. The Hall–Kier alpha value is -1.11. The molecule has 1 aromatic rings. The smallest absolute Gasteiger partial charge is 0.242 e. The minimum atomic E-state index is -3.44. The van der Waals surface area contributed by atoms with Crippen molar-refractivity contribution in [1.82, 2.24) is 4.72 Å². The maximum atomic E-state index is 12.1. The normalized spacial score (nSPS) is 19.8. The Kier molecular flexibility index (Phi) is 5.39. The van der Waals surface area contributed by atoms with Crippen molar-refractivity contribution in [2.24, 2.45) is 5.92 Å². The fraction of sp³-hybridized carbons (Fsp3) is 0.571. The van der Waals surface area contributed by atoms with Gasteiger partial charge in [-0.25, -0.2) is 13.1 Å². The fourth-order valence-corrected chi connectivity index (χ4v) is 3.56. The molecule has 2 rings (SSSR count). The molecule has 0 amide bonds. The van der Waals surface area contributed by atoms with Crippen molar-refractivity contribution in [3.63, 3.8) is 0 Å². The summed E-state index contributed by atoms with van der Waals surface area (Å²) in [6.45, 7) is 4.47. The zero-order valence-corrected chi connectivity index (χ0v) is 12.6. The van der Waals surface area contributed by atoms with Crippen LogP contribution in [0.2, 0.25) is 0 Å². The summed E-state index contributed by atoms with van der Waals surface area (Å²) in [6.07, 6.45) is 2.19.